The van der Waals surface area contributed by atoms with Crippen LogP contribution in [0.15, 0.2) is 36.4 Å². The quantitative estimate of drug-likeness (QED) is 0.684. The van der Waals surface area contributed by atoms with Crippen LogP contribution in [0.4, 0.5) is 5.95 Å². The summed E-state index contributed by atoms with van der Waals surface area (Å²) in [4.78, 5) is 7.59. The average molecular weight is 332 g/mol. The number of hydrogen-bond donors (Lipinski definition) is 3. The molecular formula is C16H14ClN3O3. The molecule has 1 aliphatic rings. The van der Waals surface area contributed by atoms with E-state index in [1.54, 1.807) is 24.3 Å². The van der Waals surface area contributed by atoms with Crippen LogP contribution in [-0.2, 0) is 0 Å². The van der Waals surface area contributed by atoms with E-state index in [0.29, 0.717) is 29.0 Å². The maximum Gasteiger partial charge on any atom is 0.231 e. The standard InChI is InChI=1S/C16H14ClN3O3/c17-10-3-1-9(2-4-10)13(21)7-18-16-19-11-5-14-15(23-8-22-14)6-12(11)20-16/h1-6,13,21H,7-8H2,(H2,18,19,20). The normalized spacial score (nSPS) is 14.2. The van der Waals surface area contributed by atoms with Crippen LogP contribution in [0, 0.1) is 0 Å². The van der Waals surface area contributed by atoms with Crippen molar-refractivity contribution >= 4 is 28.6 Å². The third-order valence-corrected chi connectivity index (χ3v) is 3.95. The van der Waals surface area contributed by atoms with E-state index in [1.165, 1.54) is 0 Å². The van der Waals surface area contributed by atoms with Crippen molar-refractivity contribution in [1.29, 1.82) is 0 Å². The number of aliphatic hydroxyl groups excluding tert-OH is 1. The number of nitrogens with zero attached hydrogens (tertiary/aromatic N) is 1. The van der Waals surface area contributed by atoms with Gasteiger partial charge < -0.3 is 24.9 Å². The second kappa shape index (κ2) is 5.64. The van der Waals surface area contributed by atoms with Crippen molar-refractivity contribution in [2.24, 2.45) is 0 Å². The molecule has 0 amide bonds. The number of rotatable bonds is 4. The lowest BCUT2D eigenvalue weighted by atomic mass is 10.1. The van der Waals surface area contributed by atoms with Gasteiger partial charge in [0.1, 0.15) is 0 Å². The number of nitrogens with one attached hydrogen (secondary N) is 2. The number of aromatic nitrogens is 2. The van der Waals surface area contributed by atoms with Crippen molar-refractivity contribution in [3.8, 4) is 11.5 Å². The predicted octanol–water partition coefficient (Wildman–Crippen LogP) is 3.09. The van der Waals surface area contributed by atoms with Crippen LogP contribution in [0.25, 0.3) is 11.0 Å². The Morgan fingerprint density at radius 2 is 1.96 bits per heavy atom. The maximum absolute atomic E-state index is 10.2. The molecule has 3 N–H and O–H groups in total. The van der Waals surface area contributed by atoms with Gasteiger partial charge in [0.2, 0.25) is 12.7 Å². The van der Waals surface area contributed by atoms with Gasteiger partial charge in [-0.25, -0.2) is 4.98 Å². The summed E-state index contributed by atoms with van der Waals surface area (Å²) in [5, 5.41) is 13.9. The minimum atomic E-state index is -0.655. The molecule has 4 rings (SSSR count). The van der Waals surface area contributed by atoms with Crippen molar-refractivity contribution in [1.82, 2.24) is 9.97 Å². The van der Waals surface area contributed by atoms with Gasteiger partial charge in [-0.2, -0.15) is 0 Å². The number of ether oxygens (including phenoxy) is 2. The van der Waals surface area contributed by atoms with Crippen molar-refractivity contribution < 1.29 is 14.6 Å². The Hall–Kier alpha value is -2.44. The first-order valence-corrected chi connectivity index (χ1v) is 7.53. The number of imidazole rings is 1. The lowest BCUT2D eigenvalue weighted by molar-refractivity contribution is 0.174. The molecule has 1 aromatic heterocycles. The van der Waals surface area contributed by atoms with E-state index in [0.717, 1.165) is 16.6 Å². The van der Waals surface area contributed by atoms with Crippen LogP contribution in [0.3, 0.4) is 0 Å². The summed E-state index contributed by atoms with van der Waals surface area (Å²) in [5.41, 5.74) is 2.41. The van der Waals surface area contributed by atoms with E-state index >= 15 is 0 Å². The van der Waals surface area contributed by atoms with Gasteiger partial charge in [-0.3, -0.25) is 0 Å². The van der Waals surface area contributed by atoms with Gasteiger partial charge in [-0.15, -0.1) is 0 Å². The monoisotopic (exact) mass is 331 g/mol. The topological polar surface area (TPSA) is 79.4 Å². The number of anilines is 1. The van der Waals surface area contributed by atoms with Crippen LogP contribution < -0.4 is 14.8 Å². The van der Waals surface area contributed by atoms with Gasteiger partial charge in [-0.05, 0) is 17.7 Å². The fourth-order valence-electron chi connectivity index (χ4n) is 2.48. The number of benzene rings is 2. The molecule has 0 aliphatic carbocycles. The lowest BCUT2D eigenvalue weighted by Crippen LogP contribution is -2.12. The summed E-state index contributed by atoms with van der Waals surface area (Å²) in [6.07, 6.45) is -0.655. The van der Waals surface area contributed by atoms with Crippen LogP contribution in [0.1, 0.15) is 11.7 Å². The Balaban J connectivity index is 1.48. The van der Waals surface area contributed by atoms with E-state index in [9.17, 15) is 5.11 Å². The number of fused-ring (bicyclic) bond motifs is 2. The van der Waals surface area contributed by atoms with Crippen LogP contribution >= 0.6 is 11.6 Å². The highest BCUT2D eigenvalue weighted by atomic mass is 35.5. The van der Waals surface area contributed by atoms with Crippen LogP contribution in [0.2, 0.25) is 5.02 Å². The van der Waals surface area contributed by atoms with E-state index in [-0.39, 0.29) is 6.79 Å². The predicted molar refractivity (Wildman–Crippen MR) is 87.1 cm³/mol. The van der Waals surface area contributed by atoms with Gasteiger partial charge in [-0.1, -0.05) is 23.7 Å². The fourth-order valence-corrected chi connectivity index (χ4v) is 2.61. The molecule has 0 fully saturated rings. The van der Waals surface area contributed by atoms with Crippen molar-refractivity contribution in [3.63, 3.8) is 0 Å². The van der Waals surface area contributed by atoms with Crippen LogP contribution in [0.5, 0.6) is 11.5 Å². The summed E-state index contributed by atoms with van der Waals surface area (Å²) in [5.74, 6) is 1.97. The Morgan fingerprint density at radius 3 is 2.74 bits per heavy atom. The first kappa shape index (κ1) is 14.2. The molecule has 1 unspecified atom stereocenters. The van der Waals surface area contributed by atoms with E-state index < -0.39 is 6.10 Å². The number of hydrogen-bond acceptors (Lipinski definition) is 5. The van der Waals surface area contributed by atoms with Gasteiger partial charge in [0.05, 0.1) is 17.1 Å². The van der Waals surface area contributed by atoms with E-state index in [4.69, 9.17) is 21.1 Å². The molecule has 2 heterocycles. The minimum Gasteiger partial charge on any atom is -0.454 e. The summed E-state index contributed by atoms with van der Waals surface area (Å²) < 4.78 is 10.7. The van der Waals surface area contributed by atoms with Crippen LogP contribution in [-0.4, -0.2) is 28.4 Å². The van der Waals surface area contributed by atoms with E-state index in [1.807, 2.05) is 12.1 Å². The largest absolute Gasteiger partial charge is 0.454 e. The zero-order valence-electron chi connectivity index (χ0n) is 12.0. The van der Waals surface area contributed by atoms with Gasteiger partial charge in [0, 0.05) is 23.7 Å². The van der Waals surface area contributed by atoms with Crippen molar-refractivity contribution in [3.05, 3.63) is 47.0 Å². The smallest absolute Gasteiger partial charge is 0.231 e. The van der Waals surface area contributed by atoms with Gasteiger partial charge in [0.15, 0.2) is 11.5 Å². The molecule has 0 spiro atoms. The second-order valence-electron chi connectivity index (χ2n) is 5.26. The van der Waals surface area contributed by atoms with Crippen molar-refractivity contribution in [2.45, 2.75) is 6.10 Å². The number of aromatic amines is 1. The first-order chi connectivity index (χ1) is 11.2. The minimum absolute atomic E-state index is 0.236. The number of H-pyrrole nitrogens is 1. The summed E-state index contributed by atoms with van der Waals surface area (Å²) >= 11 is 5.84. The molecule has 0 radical (unpaired) electrons. The molecule has 23 heavy (non-hydrogen) atoms. The molecule has 1 aliphatic heterocycles. The molecule has 0 bridgehead atoms. The Bertz CT molecular complexity index is 807. The highest BCUT2D eigenvalue weighted by Gasteiger charge is 2.16. The molecule has 0 saturated heterocycles. The zero-order valence-corrected chi connectivity index (χ0v) is 12.8. The third-order valence-electron chi connectivity index (χ3n) is 3.69. The van der Waals surface area contributed by atoms with Crippen molar-refractivity contribution in [2.75, 3.05) is 18.7 Å². The molecule has 2 aromatic carbocycles. The fraction of sp³-hybridized carbons (Fsp3) is 0.188. The molecule has 0 saturated carbocycles. The Kier molecular flexibility index (Phi) is 3.48. The summed E-state index contributed by atoms with van der Waals surface area (Å²) in [6.45, 7) is 0.564. The molecule has 3 aromatic rings. The first-order valence-electron chi connectivity index (χ1n) is 7.16. The lowest BCUT2D eigenvalue weighted by Gasteiger charge is -2.11. The van der Waals surface area contributed by atoms with Gasteiger partial charge in [0.25, 0.3) is 0 Å². The molecule has 6 nitrogen and oxygen atoms in total. The molecular weight excluding hydrogens is 318 g/mol. The van der Waals surface area contributed by atoms with E-state index in [2.05, 4.69) is 15.3 Å². The highest BCUT2D eigenvalue weighted by molar-refractivity contribution is 6.30. The Labute approximate surface area is 137 Å². The summed E-state index contributed by atoms with van der Waals surface area (Å²) in [7, 11) is 0. The number of halogens is 1. The number of aliphatic hydroxyl groups is 1. The zero-order chi connectivity index (χ0) is 15.8. The second-order valence-corrected chi connectivity index (χ2v) is 5.69. The van der Waals surface area contributed by atoms with Gasteiger partial charge >= 0.3 is 0 Å². The molecule has 118 valence electrons. The molecule has 1 atom stereocenters. The molecule has 7 heteroatoms. The average Bonchev–Trinajstić information content (AvgIpc) is 3.16. The summed E-state index contributed by atoms with van der Waals surface area (Å²) in [6, 6.07) is 10.8. The maximum atomic E-state index is 10.2. The Morgan fingerprint density at radius 1 is 1.22 bits per heavy atom. The SMILES string of the molecule is OC(CNc1nc2cc3c(cc2[nH]1)OCO3)c1ccc(Cl)cc1. The highest BCUT2D eigenvalue weighted by Crippen LogP contribution is 2.35. The third kappa shape index (κ3) is 2.78.